The molecule has 3 aromatic rings. The Morgan fingerprint density at radius 3 is 2.68 bits per heavy atom. The Bertz CT molecular complexity index is 758. The number of tetrazole rings is 1. The lowest BCUT2D eigenvalue weighted by molar-refractivity contribution is 0.747. The first kappa shape index (κ1) is 15.2. The summed E-state index contributed by atoms with van der Waals surface area (Å²) in [4.78, 5) is 4.59. The van der Waals surface area contributed by atoms with Gasteiger partial charge in [0.15, 0.2) is 0 Å². The third-order valence-electron chi connectivity index (χ3n) is 3.34. The first-order chi connectivity index (χ1) is 10.7. The molecule has 2 heterocycles. The van der Waals surface area contributed by atoms with Crippen molar-refractivity contribution in [2.75, 3.05) is 0 Å². The van der Waals surface area contributed by atoms with Gasteiger partial charge in [0.1, 0.15) is 0 Å². The van der Waals surface area contributed by atoms with E-state index in [1.165, 1.54) is 5.01 Å². The van der Waals surface area contributed by atoms with E-state index >= 15 is 0 Å². The maximum absolute atomic E-state index is 4.59. The molecular formula is C15H17N5S2. The highest BCUT2D eigenvalue weighted by atomic mass is 32.2. The van der Waals surface area contributed by atoms with Crippen LogP contribution in [0.4, 0.5) is 0 Å². The predicted octanol–water partition coefficient (Wildman–Crippen LogP) is 3.59. The third-order valence-corrected chi connectivity index (χ3v) is 5.34. The minimum atomic E-state index is 0.780. The third kappa shape index (κ3) is 3.05. The number of nitrogens with zero attached hydrogens (tertiary/aromatic N) is 5. The summed E-state index contributed by atoms with van der Waals surface area (Å²) in [6.45, 7) is 6.27. The second-order valence-corrected chi connectivity index (χ2v) is 6.87. The lowest BCUT2D eigenvalue weighted by Gasteiger charge is -2.10. The number of rotatable bonds is 5. The van der Waals surface area contributed by atoms with Crippen LogP contribution in [-0.4, -0.2) is 25.2 Å². The summed E-state index contributed by atoms with van der Waals surface area (Å²) >= 11 is 3.32. The van der Waals surface area contributed by atoms with Gasteiger partial charge in [-0.3, -0.25) is 0 Å². The number of para-hydroxylation sites is 1. The lowest BCUT2D eigenvalue weighted by Crippen LogP contribution is -2.04. The van der Waals surface area contributed by atoms with Gasteiger partial charge < -0.3 is 0 Å². The summed E-state index contributed by atoms with van der Waals surface area (Å²) < 4.78 is 1.82. The minimum absolute atomic E-state index is 0.780. The summed E-state index contributed by atoms with van der Waals surface area (Å²) in [5, 5.41) is 16.2. The van der Waals surface area contributed by atoms with Crippen LogP contribution in [0.5, 0.6) is 0 Å². The Balaban J connectivity index is 1.83. The molecule has 0 radical (unpaired) electrons. The fourth-order valence-corrected chi connectivity index (χ4v) is 3.88. The second kappa shape index (κ2) is 6.58. The van der Waals surface area contributed by atoms with Crippen molar-refractivity contribution < 1.29 is 0 Å². The van der Waals surface area contributed by atoms with E-state index in [-0.39, 0.29) is 0 Å². The van der Waals surface area contributed by atoms with Crippen molar-refractivity contribution in [1.29, 1.82) is 0 Å². The molecule has 0 aliphatic heterocycles. The Labute approximate surface area is 137 Å². The number of thioether (sulfide) groups is 1. The molecule has 0 unspecified atom stereocenters. The largest absolute Gasteiger partial charge is 0.245 e. The summed E-state index contributed by atoms with van der Waals surface area (Å²) in [6.07, 6.45) is 0.982. The van der Waals surface area contributed by atoms with Crippen molar-refractivity contribution in [3.05, 3.63) is 45.4 Å². The van der Waals surface area contributed by atoms with Gasteiger partial charge in [-0.2, -0.15) is 4.68 Å². The molecule has 0 amide bonds. The summed E-state index contributed by atoms with van der Waals surface area (Å²) in [5.41, 5.74) is 4.47. The average Bonchev–Trinajstić information content (AvgIpc) is 3.14. The van der Waals surface area contributed by atoms with Crippen molar-refractivity contribution in [2.24, 2.45) is 0 Å². The Morgan fingerprint density at radius 1 is 1.23 bits per heavy atom. The molecule has 1 aromatic carbocycles. The van der Waals surface area contributed by atoms with Gasteiger partial charge >= 0.3 is 0 Å². The molecule has 22 heavy (non-hydrogen) atoms. The molecule has 7 heteroatoms. The van der Waals surface area contributed by atoms with E-state index in [1.807, 2.05) is 10.7 Å². The average molecular weight is 331 g/mol. The number of benzene rings is 1. The highest BCUT2D eigenvalue weighted by molar-refractivity contribution is 7.98. The predicted molar refractivity (Wildman–Crippen MR) is 89.7 cm³/mol. The van der Waals surface area contributed by atoms with Gasteiger partial charge in [-0.25, -0.2) is 4.98 Å². The molecule has 0 aliphatic carbocycles. The summed E-state index contributed by atoms with van der Waals surface area (Å²) in [5.74, 6) is 0.780. The van der Waals surface area contributed by atoms with Crippen LogP contribution in [-0.2, 0) is 12.2 Å². The van der Waals surface area contributed by atoms with E-state index < -0.39 is 0 Å². The molecular weight excluding hydrogens is 314 g/mol. The maximum Gasteiger partial charge on any atom is 0.214 e. The molecule has 0 saturated carbocycles. The van der Waals surface area contributed by atoms with Gasteiger partial charge in [-0.05, 0) is 41.8 Å². The first-order valence-electron chi connectivity index (χ1n) is 7.10. The van der Waals surface area contributed by atoms with Crippen molar-refractivity contribution >= 4 is 23.1 Å². The number of thiazole rings is 1. The monoisotopic (exact) mass is 331 g/mol. The molecule has 0 bridgehead atoms. The second-order valence-electron chi connectivity index (χ2n) is 4.99. The normalized spacial score (nSPS) is 11.0. The zero-order valence-electron chi connectivity index (χ0n) is 12.8. The highest BCUT2D eigenvalue weighted by Gasteiger charge is 2.13. The van der Waals surface area contributed by atoms with Gasteiger partial charge in [-0.1, -0.05) is 36.9 Å². The molecule has 3 rings (SSSR count). The molecule has 0 fully saturated rings. The Kier molecular flexibility index (Phi) is 4.54. The van der Waals surface area contributed by atoms with Gasteiger partial charge in [0.05, 0.1) is 16.4 Å². The lowest BCUT2D eigenvalue weighted by atomic mass is 10.1. The number of hydrogen-bond acceptors (Lipinski definition) is 6. The van der Waals surface area contributed by atoms with Gasteiger partial charge in [0.2, 0.25) is 5.16 Å². The molecule has 0 N–H and O–H groups in total. The van der Waals surface area contributed by atoms with Crippen LogP contribution < -0.4 is 0 Å². The van der Waals surface area contributed by atoms with Crippen molar-refractivity contribution in [1.82, 2.24) is 25.2 Å². The zero-order valence-corrected chi connectivity index (χ0v) is 14.4. The molecule has 0 aliphatic rings. The fraction of sp³-hybridized carbons (Fsp3) is 0.333. The molecule has 0 spiro atoms. The van der Waals surface area contributed by atoms with Crippen LogP contribution in [0.3, 0.4) is 0 Å². The van der Waals surface area contributed by atoms with E-state index in [9.17, 15) is 0 Å². The Morgan fingerprint density at radius 2 is 2.00 bits per heavy atom. The van der Waals surface area contributed by atoms with Crippen molar-refractivity contribution in [3.63, 3.8) is 0 Å². The van der Waals surface area contributed by atoms with Crippen LogP contribution in [0.1, 0.15) is 28.8 Å². The van der Waals surface area contributed by atoms with E-state index in [4.69, 9.17) is 0 Å². The number of hydrogen-bond donors (Lipinski definition) is 0. The van der Waals surface area contributed by atoms with E-state index in [2.05, 4.69) is 58.8 Å². The van der Waals surface area contributed by atoms with E-state index in [0.29, 0.717) is 0 Å². The van der Waals surface area contributed by atoms with Gasteiger partial charge in [0, 0.05) is 11.1 Å². The maximum atomic E-state index is 4.59. The number of aryl methyl sites for hydroxylation is 3. The minimum Gasteiger partial charge on any atom is -0.245 e. The van der Waals surface area contributed by atoms with Crippen LogP contribution in [0.25, 0.3) is 5.69 Å². The zero-order chi connectivity index (χ0) is 15.5. The molecule has 114 valence electrons. The summed E-state index contributed by atoms with van der Waals surface area (Å²) in [7, 11) is 0. The topological polar surface area (TPSA) is 56.5 Å². The van der Waals surface area contributed by atoms with E-state index in [0.717, 1.165) is 39.8 Å². The smallest absolute Gasteiger partial charge is 0.214 e. The van der Waals surface area contributed by atoms with E-state index in [1.54, 1.807) is 23.1 Å². The first-order valence-corrected chi connectivity index (χ1v) is 8.96. The quantitative estimate of drug-likeness (QED) is 0.669. The van der Waals surface area contributed by atoms with Crippen molar-refractivity contribution in [2.45, 2.75) is 38.1 Å². The van der Waals surface area contributed by atoms with Crippen molar-refractivity contribution in [3.8, 4) is 5.69 Å². The SMILES string of the molecule is CCc1nc(CSc2nnnn2-c2c(C)cccc2C)cs1. The Hall–Kier alpha value is -1.73. The highest BCUT2D eigenvalue weighted by Crippen LogP contribution is 2.26. The molecule has 2 aromatic heterocycles. The fourth-order valence-electron chi connectivity index (χ4n) is 2.27. The van der Waals surface area contributed by atoms with Crippen LogP contribution in [0.15, 0.2) is 28.7 Å². The molecule has 0 saturated heterocycles. The van der Waals surface area contributed by atoms with Gasteiger partial charge in [-0.15, -0.1) is 16.4 Å². The summed E-state index contributed by atoms with van der Waals surface area (Å²) in [6, 6.07) is 6.20. The van der Waals surface area contributed by atoms with Crippen LogP contribution >= 0.6 is 23.1 Å². The molecule has 5 nitrogen and oxygen atoms in total. The number of aromatic nitrogens is 5. The van der Waals surface area contributed by atoms with Crippen LogP contribution in [0.2, 0.25) is 0 Å². The standard InChI is InChI=1S/C15H17N5S2/c1-4-13-16-12(8-21-13)9-22-15-17-18-19-20(15)14-10(2)6-5-7-11(14)3/h5-8H,4,9H2,1-3H3. The molecule has 0 atom stereocenters. The van der Waals surface area contributed by atoms with Crippen LogP contribution in [0, 0.1) is 13.8 Å². The van der Waals surface area contributed by atoms with Gasteiger partial charge in [0.25, 0.3) is 0 Å².